The van der Waals surface area contributed by atoms with Gasteiger partial charge < -0.3 is 4.18 Å². The summed E-state index contributed by atoms with van der Waals surface area (Å²) in [7, 11) is -4.32. The highest BCUT2D eigenvalue weighted by Crippen LogP contribution is 2.50. The minimum Gasteiger partial charge on any atom is -0.342 e. The van der Waals surface area contributed by atoms with E-state index in [0.717, 1.165) is 18.2 Å². The molecular weight excluding hydrogens is 286 g/mol. The lowest BCUT2D eigenvalue weighted by Gasteiger charge is -2.11. The van der Waals surface area contributed by atoms with Crippen LogP contribution in [-0.4, -0.2) is 19.3 Å². The van der Waals surface area contributed by atoms with Crippen molar-refractivity contribution < 1.29 is 22.3 Å². The van der Waals surface area contributed by atoms with E-state index in [1.54, 1.807) is 6.92 Å². The molecule has 0 aromatic heterocycles. The van der Waals surface area contributed by atoms with E-state index in [1.807, 2.05) is 0 Å². The largest absolute Gasteiger partial charge is 0.342 e. The van der Waals surface area contributed by atoms with E-state index in [4.69, 9.17) is 0 Å². The monoisotopic (exact) mass is 299 g/mol. The first kappa shape index (κ1) is 14.4. The maximum atomic E-state index is 11.9. The Morgan fingerprint density at radius 2 is 2.10 bits per heavy atom. The molecule has 2 rings (SSSR count). The molecule has 0 bridgehead atoms. The van der Waals surface area contributed by atoms with Crippen molar-refractivity contribution in [3.63, 3.8) is 0 Å². The van der Waals surface area contributed by atoms with Crippen LogP contribution in [0.4, 0.5) is 5.69 Å². The van der Waals surface area contributed by atoms with E-state index in [-0.39, 0.29) is 5.69 Å². The van der Waals surface area contributed by atoms with Gasteiger partial charge in [-0.25, -0.2) is 0 Å². The van der Waals surface area contributed by atoms with Crippen LogP contribution in [0.2, 0.25) is 0 Å². The number of rotatable bonds is 5. The topological polar surface area (TPSA) is 104 Å². The Morgan fingerprint density at radius 3 is 2.60 bits per heavy atom. The molecule has 1 aromatic rings. The van der Waals surface area contributed by atoms with E-state index in [2.05, 4.69) is 4.18 Å². The van der Waals surface area contributed by atoms with Gasteiger partial charge in [0.15, 0.2) is 0 Å². The van der Waals surface area contributed by atoms with Gasteiger partial charge in [-0.15, -0.1) is 0 Å². The molecule has 1 aliphatic carbocycles. The lowest BCUT2D eigenvalue weighted by molar-refractivity contribution is -0.385. The standard InChI is InChI=1S/C12H13NO6S/c1-2-12(6-7-12)11(14)19-20(17,18)10-5-3-4-9(8-10)13(15)16/h3-5,8H,2,6-7H2,1H3. The molecule has 0 aliphatic heterocycles. The lowest BCUT2D eigenvalue weighted by atomic mass is 10.1. The molecule has 1 saturated carbocycles. The summed E-state index contributed by atoms with van der Waals surface area (Å²) in [5.74, 6) is -0.786. The molecule has 108 valence electrons. The van der Waals surface area contributed by atoms with Gasteiger partial charge in [0.05, 0.1) is 10.3 Å². The van der Waals surface area contributed by atoms with Crippen molar-refractivity contribution in [2.75, 3.05) is 0 Å². The van der Waals surface area contributed by atoms with Crippen LogP contribution in [0.1, 0.15) is 26.2 Å². The average molecular weight is 299 g/mol. The van der Waals surface area contributed by atoms with Crippen molar-refractivity contribution in [3.05, 3.63) is 34.4 Å². The molecule has 0 N–H and O–H groups in total. The molecular formula is C12H13NO6S. The zero-order valence-electron chi connectivity index (χ0n) is 10.7. The number of nitro benzene ring substituents is 1. The van der Waals surface area contributed by atoms with Gasteiger partial charge in [-0.1, -0.05) is 13.0 Å². The summed E-state index contributed by atoms with van der Waals surface area (Å²) in [6.45, 7) is 1.79. The molecule has 0 unspecified atom stereocenters. The maximum absolute atomic E-state index is 11.9. The summed E-state index contributed by atoms with van der Waals surface area (Å²) < 4.78 is 28.5. The first-order chi connectivity index (χ1) is 9.31. The van der Waals surface area contributed by atoms with Gasteiger partial charge in [-0.05, 0) is 25.3 Å². The maximum Gasteiger partial charge on any atom is 0.341 e. The second kappa shape index (κ2) is 4.86. The van der Waals surface area contributed by atoms with Crippen LogP contribution >= 0.6 is 0 Å². The molecule has 8 heteroatoms. The molecule has 1 fully saturated rings. The van der Waals surface area contributed by atoms with Crippen LogP contribution in [0.25, 0.3) is 0 Å². The Hall–Kier alpha value is -1.96. The number of hydrogen-bond acceptors (Lipinski definition) is 6. The molecule has 0 heterocycles. The molecule has 0 radical (unpaired) electrons. The van der Waals surface area contributed by atoms with Crippen LogP contribution in [0, 0.1) is 15.5 Å². The normalized spacial score (nSPS) is 16.4. The smallest absolute Gasteiger partial charge is 0.341 e. The van der Waals surface area contributed by atoms with E-state index in [1.165, 1.54) is 6.07 Å². The number of benzene rings is 1. The summed E-state index contributed by atoms with van der Waals surface area (Å²) >= 11 is 0. The van der Waals surface area contributed by atoms with Gasteiger partial charge in [0, 0.05) is 12.1 Å². The first-order valence-electron chi connectivity index (χ1n) is 6.04. The van der Waals surface area contributed by atoms with Gasteiger partial charge in [0.25, 0.3) is 5.69 Å². The molecule has 0 spiro atoms. The van der Waals surface area contributed by atoms with Crippen molar-refractivity contribution in [2.45, 2.75) is 31.1 Å². The number of non-ortho nitro benzene ring substituents is 1. The number of hydrogen-bond donors (Lipinski definition) is 0. The summed E-state index contributed by atoms with van der Waals surface area (Å²) in [4.78, 5) is 21.3. The van der Waals surface area contributed by atoms with Crippen molar-refractivity contribution >= 4 is 21.8 Å². The summed E-state index contributed by atoms with van der Waals surface area (Å²) in [5, 5.41) is 10.6. The molecule has 1 aromatic carbocycles. The van der Waals surface area contributed by atoms with Crippen LogP contribution in [-0.2, 0) is 19.1 Å². The summed E-state index contributed by atoms with van der Waals surface area (Å²) in [6.07, 6.45) is 1.72. The fourth-order valence-corrected chi connectivity index (χ4v) is 2.82. The predicted octanol–water partition coefficient (Wildman–Crippen LogP) is 2.02. The number of carbonyl (C=O) groups excluding carboxylic acids is 1. The van der Waals surface area contributed by atoms with E-state index >= 15 is 0 Å². The van der Waals surface area contributed by atoms with Crippen molar-refractivity contribution in [1.82, 2.24) is 0 Å². The third kappa shape index (κ3) is 2.64. The van der Waals surface area contributed by atoms with Crippen molar-refractivity contribution in [2.24, 2.45) is 5.41 Å². The second-order valence-corrected chi connectivity index (χ2v) is 6.26. The third-order valence-corrected chi connectivity index (χ3v) is 4.67. The van der Waals surface area contributed by atoms with Gasteiger partial charge in [0.1, 0.15) is 4.90 Å². The molecule has 0 amide bonds. The van der Waals surface area contributed by atoms with Crippen LogP contribution in [0.15, 0.2) is 29.2 Å². The molecule has 20 heavy (non-hydrogen) atoms. The van der Waals surface area contributed by atoms with Crippen LogP contribution < -0.4 is 0 Å². The highest BCUT2D eigenvalue weighted by Gasteiger charge is 2.51. The van der Waals surface area contributed by atoms with E-state index < -0.39 is 31.3 Å². The molecule has 7 nitrogen and oxygen atoms in total. The Labute approximate surface area is 115 Å². The third-order valence-electron chi connectivity index (χ3n) is 3.47. The van der Waals surface area contributed by atoms with E-state index in [0.29, 0.717) is 19.3 Å². The molecule has 0 saturated heterocycles. The Kier molecular flexibility index (Phi) is 3.51. The van der Waals surface area contributed by atoms with Crippen LogP contribution in [0.5, 0.6) is 0 Å². The zero-order valence-corrected chi connectivity index (χ0v) is 11.6. The number of nitrogens with zero attached hydrogens (tertiary/aromatic N) is 1. The highest BCUT2D eigenvalue weighted by molar-refractivity contribution is 7.87. The molecule has 0 atom stereocenters. The Bertz CT molecular complexity index is 662. The van der Waals surface area contributed by atoms with Gasteiger partial charge in [-0.3, -0.25) is 14.9 Å². The second-order valence-electron chi connectivity index (χ2n) is 4.71. The van der Waals surface area contributed by atoms with Crippen molar-refractivity contribution in [1.29, 1.82) is 0 Å². The van der Waals surface area contributed by atoms with Gasteiger partial charge >= 0.3 is 16.1 Å². The van der Waals surface area contributed by atoms with Crippen LogP contribution in [0.3, 0.4) is 0 Å². The highest BCUT2D eigenvalue weighted by atomic mass is 32.2. The fraction of sp³-hybridized carbons (Fsp3) is 0.417. The minimum absolute atomic E-state index is 0.376. The minimum atomic E-state index is -4.32. The fourth-order valence-electron chi connectivity index (χ4n) is 1.84. The first-order valence-corrected chi connectivity index (χ1v) is 7.45. The summed E-state index contributed by atoms with van der Waals surface area (Å²) in [6, 6.07) is 4.41. The number of carbonyl (C=O) groups is 1. The lowest BCUT2D eigenvalue weighted by Crippen LogP contribution is -2.22. The quantitative estimate of drug-likeness (QED) is 0.468. The average Bonchev–Trinajstić information content (AvgIpc) is 3.19. The predicted molar refractivity (Wildman–Crippen MR) is 68.3 cm³/mol. The molecule has 1 aliphatic rings. The Morgan fingerprint density at radius 1 is 1.45 bits per heavy atom. The zero-order chi connectivity index (χ0) is 15.0. The van der Waals surface area contributed by atoms with Crippen molar-refractivity contribution in [3.8, 4) is 0 Å². The van der Waals surface area contributed by atoms with E-state index in [9.17, 15) is 23.3 Å². The van der Waals surface area contributed by atoms with Gasteiger partial charge in [-0.2, -0.15) is 8.42 Å². The SMILES string of the molecule is CCC1(C(=O)OS(=O)(=O)c2cccc([N+](=O)[O-])c2)CC1. The Balaban J connectivity index is 2.25. The summed E-state index contributed by atoms with van der Waals surface area (Å²) in [5.41, 5.74) is -1.08. The number of nitro groups is 1. The van der Waals surface area contributed by atoms with Gasteiger partial charge in [0.2, 0.25) is 0 Å².